The highest BCUT2D eigenvalue weighted by Crippen LogP contribution is 2.22. The molecule has 1 rings (SSSR count). The molecule has 1 aliphatic rings. The Bertz CT molecular complexity index is 306. The van der Waals surface area contributed by atoms with Crippen LogP contribution in [0.2, 0.25) is 0 Å². The maximum atomic E-state index is 11.6. The molecule has 5 nitrogen and oxygen atoms in total. The van der Waals surface area contributed by atoms with Crippen LogP contribution in [-0.2, 0) is 14.8 Å². The summed E-state index contributed by atoms with van der Waals surface area (Å²) in [4.78, 5) is 0. The standard InChI is InChI=1S/C11H24N2O3S/c1-16-6-3-7-17(14,15)13-9-10-4-2-5-11(12)8-10/h10-11,13H,2-9,12H2,1H3. The summed E-state index contributed by atoms with van der Waals surface area (Å²) < 4.78 is 30.8. The van der Waals surface area contributed by atoms with E-state index in [4.69, 9.17) is 10.5 Å². The number of nitrogens with two attached hydrogens (primary N) is 1. The third-order valence-corrected chi connectivity index (χ3v) is 4.61. The molecule has 6 heteroatoms. The van der Waals surface area contributed by atoms with Gasteiger partial charge in [0, 0.05) is 26.3 Å². The molecular weight excluding hydrogens is 240 g/mol. The average molecular weight is 264 g/mol. The van der Waals surface area contributed by atoms with Crippen molar-refractivity contribution in [2.24, 2.45) is 11.7 Å². The Balaban J connectivity index is 2.23. The molecule has 0 aromatic heterocycles. The molecule has 2 atom stereocenters. The van der Waals surface area contributed by atoms with Crippen molar-refractivity contribution in [3.05, 3.63) is 0 Å². The number of nitrogens with one attached hydrogen (secondary N) is 1. The first-order chi connectivity index (χ1) is 8.03. The molecule has 2 unspecified atom stereocenters. The minimum absolute atomic E-state index is 0.139. The van der Waals surface area contributed by atoms with Crippen LogP contribution >= 0.6 is 0 Å². The van der Waals surface area contributed by atoms with Gasteiger partial charge in [-0.1, -0.05) is 6.42 Å². The van der Waals surface area contributed by atoms with E-state index in [1.807, 2.05) is 0 Å². The van der Waals surface area contributed by atoms with Crippen molar-refractivity contribution < 1.29 is 13.2 Å². The summed E-state index contributed by atoms with van der Waals surface area (Å²) in [5.74, 6) is 0.538. The van der Waals surface area contributed by atoms with Gasteiger partial charge >= 0.3 is 0 Å². The van der Waals surface area contributed by atoms with Crippen LogP contribution in [0.25, 0.3) is 0 Å². The quantitative estimate of drug-likeness (QED) is 0.655. The summed E-state index contributed by atoms with van der Waals surface area (Å²) in [7, 11) is -1.57. The SMILES string of the molecule is COCCCS(=O)(=O)NCC1CCCC(N)C1. The van der Waals surface area contributed by atoms with Gasteiger partial charge in [-0.3, -0.25) is 0 Å². The van der Waals surface area contributed by atoms with Gasteiger partial charge < -0.3 is 10.5 Å². The molecule has 0 bridgehead atoms. The largest absolute Gasteiger partial charge is 0.385 e. The van der Waals surface area contributed by atoms with Gasteiger partial charge in [0.15, 0.2) is 0 Å². The summed E-state index contributed by atoms with van der Waals surface area (Å²) in [6, 6.07) is 0.242. The molecule has 1 saturated carbocycles. The second-order valence-corrected chi connectivity index (χ2v) is 6.73. The Morgan fingerprint density at radius 3 is 2.82 bits per heavy atom. The molecule has 0 aliphatic heterocycles. The van der Waals surface area contributed by atoms with Crippen LogP contribution in [0.4, 0.5) is 0 Å². The number of hydrogen-bond donors (Lipinski definition) is 2. The molecule has 0 radical (unpaired) electrons. The first-order valence-corrected chi connectivity index (χ1v) is 7.90. The fourth-order valence-electron chi connectivity index (χ4n) is 2.23. The van der Waals surface area contributed by atoms with Crippen molar-refractivity contribution in [3.8, 4) is 0 Å². The molecule has 0 aromatic rings. The lowest BCUT2D eigenvalue weighted by Crippen LogP contribution is -2.36. The highest BCUT2D eigenvalue weighted by Gasteiger charge is 2.20. The van der Waals surface area contributed by atoms with Crippen LogP contribution in [0.1, 0.15) is 32.1 Å². The molecule has 0 spiro atoms. The third-order valence-electron chi connectivity index (χ3n) is 3.18. The topological polar surface area (TPSA) is 81.4 Å². The minimum atomic E-state index is -3.14. The highest BCUT2D eigenvalue weighted by molar-refractivity contribution is 7.89. The first kappa shape index (κ1) is 14.9. The smallest absolute Gasteiger partial charge is 0.211 e. The van der Waals surface area contributed by atoms with Gasteiger partial charge in [-0.05, 0) is 31.6 Å². The zero-order valence-corrected chi connectivity index (χ0v) is 11.3. The number of ether oxygens (including phenoxy) is 1. The molecule has 0 amide bonds. The van der Waals surface area contributed by atoms with Crippen molar-refractivity contribution in [1.29, 1.82) is 0 Å². The van der Waals surface area contributed by atoms with E-state index in [2.05, 4.69) is 4.72 Å². The van der Waals surface area contributed by atoms with Crippen molar-refractivity contribution >= 4 is 10.0 Å². The predicted molar refractivity (Wildman–Crippen MR) is 68.2 cm³/mol. The Kier molecular flexibility index (Phi) is 6.40. The fourth-order valence-corrected chi connectivity index (χ4v) is 3.36. The summed E-state index contributed by atoms with van der Waals surface area (Å²) in [5, 5.41) is 0. The second-order valence-electron chi connectivity index (χ2n) is 4.81. The highest BCUT2D eigenvalue weighted by atomic mass is 32.2. The molecule has 17 heavy (non-hydrogen) atoms. The van der Waals surface area contributed by atoms with E-state index in [1.54, 1.807) is 7.11 Å². The Hall–Kier alpha value is -0.170. The zero-order valence-electron chi connectivity index (χ0n) is 10.5. The van der Waals surface area contributed by atoms with E-state index >= 15 is 0 Å². The lowest BCUT2D eigenvalue weighted by Gasteiger charge is -2.26. The average Bonchev–Trinajstić information content (AvgIpc) is 2.27. The van der Waals surface area contributed by atoms with Gasteiger partial charge in [0.05, 0.1) is 5.75 Å². The van der Waals surface area contributed by atoms with Crippen LogP contribution in [0.3, 0.4) is 0 Å². The van der Waals surface area contributed by atoms with E-state index in [0.717, 1.165) is 25.7 Å². The number of hydrogen-bond acceptors (Lipinski definition) is 4. The van der Waals surface area contributed by atoms with Crippen LogP contribution in [0.15, 0.2) is 0 Å². The van der Waals surface area contributed by atoms with Gasteiger partial charge in [-0.15, -0.1) is 0 Å². The van der Waals surface area contributed by atoms with Crippen LogP contribution in [0.5, 0.6) is 0 Å². The van der Waals surface area contributed by atoms with E-state index in [0.29, 0.717) is 25.5 Å². The molecule has 0 saturated heterocycles. The van der Waals surface area contributed by atoms with Crippen LogP contribution in [-0.4, -0.2) is 40.5 Å². The monoisotopic (exact) mass is 264 g/mol. The second kappa shape index (κ2) is 7.31. The van der Waals surface area contributed by atoms with E-state index in [9.17, 15) is 8.42 Å². The summed E-state index contributed by atoms with van der Waals surface area (Å²) in [6.45, 7) is 1.01. The molecular formula is C11H24N2O3S. The molecule has 0 heterocycles. The number of methoxy groups -OCH3 is 1. The van der Waals surface area contributed by atoms with Crippen molar-refractivity contribution in [1.82, 2.24) is 4.72 Å². The zero-order chi connectivity index (χ0) is 12.7. The molecule has 0 aromatic carbocycles. The molecule has 102 valence electrons. The van der Waals surface area contributed by atoms with E-state index in [1.165, 1.54) is 0 Å². The normalized spacial score (nSPS) is 26.0. The summed E-state index contributed by atoms with van der Waals surface area (Å²) in [6.07, 6.45) is 4.72. The van der Waals surface area contributed by atoms with E-state index in [-0.39, 0.29) is 11.8 Å². The van der Waals surface area contributed by atoms with Crippen molar-refractivity contribution in [3.63, 3.8) is 0 Å². The van der Waals surface area contributed by atoms with Crippen molar-refractivity contribution in [2.45, 2.75) is 38.1 Å². The van der Waals surface area contributed by atoms with Gasteiger partial charge in [-0.25, -0.2) is 13.1 Å². The summed E-state index contributed by atoms with van der Waals surface area (Å²) in [5.41, 5.74) is 5.87. The molecule has 3 N–H and O–H groups in total. The van der Waals surface area contributed by atoms with Crippen LogP contribution < -0.4 is 10.5 Å². The molecule has 1 aliphatic carbocycles. The van der Waals surface area contributed by atoms with E-state index < -0.39 is 10.0 Å². The Morgan fingerprint density at radius 2 is 2.18 bits per heavy atom. The lowest BCUT2D eigenvalue weighted by atomic mass is 9.86. The van der Waals surface area contributed by atoms with Gasteiger partial charge in [0.1, 0.15) is 0 Å². The lowest BCUT2D eigenvalue weighted by molar-refractivity contribution is 0.199. The predicted octanol–water partition coefficient (Wildman–Crippen LogP) is 0.460. The Labute approximate surface area is 104 Å². The third kappa shape index (κ3) is 6.35. The van der Waals surface area contributed by atoms with Crippen LogP contribution in [0, 0.1) is 5.92 Å². The molecule has 1 fully saturated rings. The maximum Gasteiger partial charge on any atom is 0.211 e. The fraction of sp³-hybridized carbons (Fsp3) is 1.00. The van der Waals surface area contributed by atoms with Crippen molar-refractivity contribution in [2.75, 3.05) is 26.0 Å². The summed E-state index contributed by atoms with van der Waals surface area (Å²) >= 11 is 0. The number of sulfonamides is 1. The minimum Gasteiger partial charge on any atom is -0.385 e. The maximum absolute atomic E-state index is 11.6. The Morgan fingerprint density at radius 1 is 1.41 bits per heavy atom. The van der Waals surface area contributed by atoms with Gasteiger partial charge in [0.2, 0.25) is 10.0 Å². The van der Waals surface area contributed by atoms with Gasteiger partial charge in [0.25, 0.3) is 0 Å². The number of rotatable bonds is 7. The van der Waals surface area contributed by atoms with Gasteiger partial charge in [-0.2, -0.15) is 0 Å². The first-order valence-electron chi connectivity index (χ1n) is 6.25.